The first-order chi connectivity index (χ1) is 15.0. The van der Waals surface area contributed by atoms with Crippen molar-refractivity contribution in [2.45, 2.75) is 13.5 Å². The lowest BCUT2D eigenvalue weighted by molar-refractivity contribution is -0.134. The minimum absolute atomic E-state index is 0.0226. The molecule has 0 saturated carbocycles. The number of benzene rings is 3. The van der Waals surface area contributed by atoms with Crippen molar-refractivity contribution in [2.24, 2.45) is 0 Å². The van der Waals surface area contributed by atoms with Crippen LogP contribution < -0.4 is 9.47 Å². The van der Waals surface area contributed by atoms with Crippen LogP contribution in [-0.4, -0.2) is 49.3 Å². The maximum Gasteiger partial charge on any atom is 0.342 e. The van der Waals surface area contributed by atoms with Gasteiger partial charge in [0.2, 0.25) is 0 Å². The standard InChI is InChI=1S/C24H25NO6/c1-4-25(14-16-9-12-20(29-2)21(13-16)30-3)22(26)15-31-24(28)19-11-10-17-7-5-6-8-18(17)23(19)27/h5-13,27H,4,14-15H2,1-3H3. The molecule has 3 aromatic carbocycles. The van der Waals surface area contributed by atoms with Gasteiger partial charge in [-0.3, -0.25) is 4.79 Å². The summed E-state index contributed by atoms with van der Waals surface area (Å²) in [6.07, 6.45) is 0. The van der Waals surface area contributed by atoms with Gasteiger partial charge in [-0.15, -0.1) is 0 Å². The SMILES string of the molecule is CCN(Cc1ccc(OC)c(OC)c1)C(=O)COC(=O)c1ccc2ccccc2c1O. The smallest absolute Gasteiger partial charge is 0.342 e. The van der Waals surface area contributed by atoms with Gasteiger partial charge in [0, 0.05) is 18.5 Å². The van der Waals surface area contributed by atoms with Crippen molar-refractivity contribution in [1.29, 1.82) is 0 Å². The Hall–Kier alpha value is -3.74. The number of hydrogen-bond donors (Lipinski definition) is 1. The van der Waals surface area contributed by atoms with E-state index in [4.69, 9.17) is 14.2 Å². The molecule has 0 atom stereocenters. The van der Waals surface area contributed by atoms with Gasteiger partial charge in [0.25, 0.3) is 5.91 Å². The van der Waals surface area contributed by atoms with Crippen LogP contribution in [0.5, 0.6) is 17.2 Å². The fourth-order valence-corrected chi connectivity index (χ4v) is 3.29. The average Bonchev–Trinajstić information content (AvgIpc) is 2.80. The van der Waals surface area contributed by atoms with Crippen LogP contribution in [0.2, 0.25) is 0 Å². The van der Waals surface area contributed by atoms with E-state index in [1.807, 2.05) is 25.1 Å². The van der Waals surface area contributed by atoms with E-state index in [0.717, 1.165) is 10.9 Å². The number of phenolic OH excluding ortho intramolecular Hbond substituents is 1. The fraction of sp³-hybridized carbons (Fsp3) is 0.250. The zero-order chi connectivity index (χ0) is 22.4. The van der Waals surface area contributed by atoms with Crippen LogP contribution in [0.4, 0.5) is 0 Å². The van der Waals surface area contributed by atoms with Crippen molar-refractivity contribution >= 4 is 22.6 Å². The predicted molar refractivity (Wildman–Crippen MR) is 117 cm³/mol. The lowest BCUT2D eigenvalue weighted by atomic mass is 10.1. The van der Waals surface area contributed by atoms with Crippen molar-refractivity contribution in [3.63, 3.8) is 0 Å². The molecule has 162 valence electrons. The number of aromatic hydroxyl groups is 1. The topological polar surface area (TPSA) is 85.3 Å². The molecule has 0 bridgehead atoms. The molecule has 7 heteroatoms. The van der Waals surface area contributed by atoms with E-state index in [1.54, 1.807) is 49.5 Å². The second-order valence-corrected chi connectivity index (χ2v) is 6.86. The van der Waals surface area contributed by atoms with Crippen molar-refractivity contribution in [2.75, 3.05) is 27.4 Å². The van der Waals surface area contributed by atoms with E-state index in [9.17, 15) is 14.7 Å². The molecular weight excluding hydrogens is 398 g/mol. The molecule has 3 rings (SSSR count). The third-order valence-electron chi connectivity index (χ3n) is 5.00. The third-order valence-corrected chi connectivity index (χ3v) is 5.00. The van der Waals surface area contributed by atoms with Crippen molar-refractivity contribution in [3.05, 3.63) is 65.7 Å². The molecule has 0 aliphatic carbocycles. The van der Waals surface area contributed by atoms with Crippen LogP contribution in [0.1, 0.15) is 22.8 Å². The molecule has 31 heavy (non-hydrogen) atoms. The minimum Gasteiger partial charge on any atom is -0.506 e. The Morgan fingerprint density at radius 1 is 0.968 bits per heavy atom. The lowest BCUT2D eigenvalue weighted by Gasteiger charge is -2.21. The minimum atomic E-state index is -0.751. The highest BCUT2D eigenvalue weighted by Crippen LogP contribution is 2.29. The Morgan fingerprint density at radius 3 is 2.42 bits per heavy atom. The number of carbonyl (C=O) groups is 2. The molecule has 0 spiro atoms. The molecule has 0 heterocycles. The summed E-state index contributed by atoms with van der Waals surface area (Å²) < 4.78 is 15.7. The highest BCUT2D eigenvalue weighted by Gasteiger charge is 2.19. The van der Waals surface area contributed by atoms with Crippen LogP contribution in [0.15, 0.2) is 54.6 Å². The van der Waals surface area contributed by atoms with E-state index in [-0.39, 0.29) is 17.2 Å². The van der Waals surface area contributed by atoms with Crippen LogP contribution >= 0.6 is 0 Å². The van der Waals surface area contributed by atoms with E-state index < -0.39 is 12.6 Å². The molecule has 1 amide bonds. The predicted octanol–water partition coefficient (Wildman–Crippen LogP) is 3.77. The first kappa shape index (κ1) is 22.0. The summed E-state index contributed by atoms with van der Waals surface area (Å²) >= 11 is 0. The van der Waals surface area contributed by atoms with Gasteiger partial charge in [0.15, 0.2) is 18.1 Å². The third kappa shape index (κ3) is 4.88. The van der Waals surface area contributed by atoms with Crippen LogP contribution in [0.25, 0.3) is 10.8 Å². The fourth-order valence-electron chi connectivity index (χ4n) is 3.29. The van der Waals surface area contributed by atoms with Gasteiger partial charge in [-0.1, -0.05) is 36.4 Å². The molecule has 1 N–H and O–H groups in total. The summed E-state index contributed by atoms with van der Waals surface area (Å²) in [7, 11) is 3.10. The average molecular weight is 423 g/mol. The molecule has 0 unspecified atom stereocenters. The zero-order valence-electron chi connectivity index (χ0n) is 17.8. The van der Waals surface area contributed by atoms with Crippen molar-refractivity contribution < 1.29 is 28.9 Å². The number of likely N-dealkylation sites (N-methyl/N-ethyl adjacent to an activating group) is 1. The quantitative estimate of drug-likeness (QED) is 0.555. The van der Waals surface area contributed by atoms with Crippen LogP contribution in [0, 0.1) is 0 Å². The molecule has 7 nitrogen and oxygen atoms in total. The van der Waals surface area contributed by atoms with Gasteiger partial charge in [-0.05, 0) is 36.1 Å². The van der Waals surface area contributed by atoms with Gasteiger partial charge < -0.3 is 24.2 Å². The second-order valence-electron chi connectivity index (χ2n) is 6.86. The van der Waals surface area contributed by atoms with E-state index in [1.165, 1.54) is 6.07 Å². The number of hydrogen-bond acceptors (Lipinski definition) is 6. The summed E-state index contributed by atoms with van der Waals surface area (Å²) in [5.74, 6) is -0.0793. The normalized spacial score (nSPS) is 10.5. The largest absolute Gasteiger partial charge is 0.506 e. The van der Waals surface area contributed by atoms with Gasteiger partial charge in [-0.25, -0.2) is 4.79 Å². The van der Waals surface area contributed by atoms with Gasteiger partial charge >= 0.3 is 5.97 Å². The first-order valence-corrected chi connectivity index (χ1v) is 9.85. The molecule has 0 aliphatic heterocycles. The molecule has 0 radical (unpaired) electrons. The Balaban J connectivity index is 1.66. The number of esters is 1. The maximum atomic E-state index is 12.6. The van der Waals surface area contributed by atoms with E-state index in [0.29, 0.717) is 30.0 Å². The summed E-state index contributed by atoms with van der Waals surface area (Å²) in [6.45, 7) is 2.18. The maximum absolute atomic E-state index is 12.6. The van der Waals surface area contributed by atoms with E-state index >= 15 is 0 Å². The number of carbonyl (C=O) groups excluding carboxylic acids is 2. The number of fused-ring (bicyclic) bond motifs is 1. The number of amides is 1. The summed E-state index contributed by atoms with van der Waals surface area (Å²) in [5.41, 5.74) is 0.876. The Kier molecular flexibility index (Phi) is 6.97. The number of phenols is 1. The summed E-state index contributed by atoms with van der Waals surface area (Å²) in [4.78, 5) is 26.6. The number of methoxy groups -OCH3 is 2. The van der Waals surface area contributed by atoms with Crippen molar-refractivity contribution in [1.82, 2.24) is 4.90 Å². The summed E-state index contributed by atoms with van der Waals surface area (Å²) in [5, 5.41) is 11.8. The monoisotopic (exact) mass is 423 g/mol. The second kappa shape index (κ2) is 9.84. The summed E-state index contributed by atoms with van der Waals surface area (Å²) in [6, 6.07) is 15.8. The number of nitrogens with zero attached hydrogens (tertiary/aromatic N) is 1. The highest BCUT2D eigenvalue weighted by atomic mass is 16.5. The molecule has 3 aromatic rings. The van der Waals surface area contributed by atoms with Crippen LogP contribution in [0.3, 0.4) is 0 Å². The van der Waals surface area contributed by atoms with Crippen molar-refractivity contribution in [3.8, 4) is 17.2 Å². The lowest BCUT2D eigenvalue weighted by Crippen LogP contribution is -2.34. The van der Waals surface area contributed by atoms with Gasteiger partial charge in [0.05, 0.1) is 14.2 Å². The van der Waals surface area contributed by atoms with Crippen LogP contribution in [-0.2, 0) is 16.1 Å². The molecule has 0 aromatic heterocycles. The van der Waals surface area contributed by atoms with Gasteiger partial charge in [-0.2, -0.15) is 0 Å². The van der Waals surface area contributed by atoms with E-state index in [2.05, 4.69) is 0 Å². The molecule has 0 aliphatic rings. The molecule has 0 saturated heterocycles. The molecule has 0 fully saturated rings. The Bertz CT molecular complexity index is 1090. The Labute approximate surface area is 180 Å². The Morgan fingerprint density at radius 2 is 1.71 bits per heavy atom. The highest BCUT2D eigenvalue weighted by molar-refractivity contribution is 6.01. The number of rotatable bonds is 8. The zero-order valence-corrected chi connectivity index (χ0v) is 17.8. The van der Waals surface area contributed by atoms with Gasteiger partial charge in [0.1, 0.15) is 11.3 Å². The number of ether oxygens (including phenoxy) is 3. The molecular formula is C24H25NO6. The first-order valence-electron chi connectivity index (χ1n) is 9.85.